The molecule has 0 fully saturated rings. The summed E-state index contributed by atoms with van der Waals surface area (Å²) in [6.07, 6.45) is 36.4. The van der Waals surface area contributed by atoms with Gasteiger partial charge in [-0.1, -0.05) is 386 Å². The molecule has 0 amide bonds. The van der Waals surface area contributed by atoms with E-state index >= 15 is 33.6 Å². The van der Waals surface area contributed by atoms with Crippen LogP contribution in [-0.2, 0) is 0 Å². The lowest BCUT2D eigenvalue weighted by Crippen LogP contribution is -2.20. The average Bonchev–Trinajstić information content (AvgIpc) is 0.741. The van der Waals surface area contributed by atoms with E-state index in [2.05, 4.69) is 27.7 Å². The molecule has 8 bridgehead atoms. The summed E-state index contributed by atoms with van der Waals surface area (Å²) in [5.41, 5.74) is 4.92. The number of aromatic hydroxyl groups is 1. The smallest absolute Gasteiger partial charge is 0.343 e. The van der Waals surface area contributed by atoms with Crippen molar-refractivity contribution in [2.45, 2.75) is 308 Å². The molecule has 4 atom stereocenters. The molecule has 15 heteroatoms. The van der Waals surface area contributed by atoms with Crippen LogP contribution in [0.4, 0.5) is 0 Å². The first-order chi connectivity index (χ1) is 66.7. The number of hydrogen-bond acceptors (Lipinski definition) is 15. The van der Waals surface area contributed by atoms with Crippen LogP contribution in [0.1, 0.15) is 425 Å². The van der Waals surface area contributed by atoms with Crippen LogP contribution < -0.4 is 33.2 Å². The maximum absolute atomic E-state index is 15.8. The topological polar surface area (TPSA) is 204 Å². The summed E-state index contributed by atoms with van der Waals surface area (Å²) in [6, 6.07) is 75.0. The molecule has 0 saturated carbocycles. The van der Waals surface area contributed by atoms with E-state index in [-0.39, 0.29) is 84.9 Å². The number of esters is 7. The normalized spacial score (nSPS) is 13.8. The zero-order chi connectivity index (χ0) is 95.3. The van der Waals surface area contributed by atoms with Gasteiger partial charge < -0.3 is 38.3 Å². The second-order valence-electron chi connectivity index (χ2n) is 36.7. The number of fused-ring (bicyclic) bond motifs is 8. The van der Waals surface area contributed by atoms with Gasteiger partial charge in [0.05, 0.1) is 38.9 Å². The fourth-order valence-electron chi connectivity index (χ4n) is 18.9. The van der Waals surface area contributed by atoms with Gasteiger partial charge in [0.15, 0.2) is 0 Å². The highest BCUT2D eigenvalue weighted by Gasteiger charge is 2.38. The summed E-state index contributed by atoms with van der Waals surface area (Å²) >= 11 is 0. The van der Waals surface area contributed by atoms with Crippen LogP contribution in [0.5, 0.6) is 46.0 Å². The first-order valence-corrected chi connectivity index (χ1v) is 51.0. The molecule has 0 aromatic heterocycles. The van der Waals surface area contributed by atoms with Gasteiger partial charge >= 0.3 is 41.8 Å². The maximum Gasteiger partial charge on any atom is 0.343 e. The monoisotopic (exact) mass is 1830 g/mol. The van der Waals surface area contributed by atoms with Crippen molar-refractivity contribution in [2.24, 2.45) is 0 Å². The third kappa shape index (κ3) is 30.8. The van der Waals surface area contributed by atoms with Crippen LogP contribution in [0.2, 0.25) is 0 Å². The largest absolute Gasteiger partial charge is 0.508 e. The first-order valence-electron chi connectivity index (χ1n) is 51.0. The highest BCUT2D eigenvalue weighted by molar-refractivity contribution is 5.96. The Balaban J connectivity index is 1.26. The highest BCUT2D eigenvalue weighted by Crippen LogP contribution is 2.55. The summed E-state index contributed by atoms with van der Waals surface area (Å²) in [6.45, 7) is 8.87. The predicted octanol–water partition coefficient (Wildman–Crippen LogP) is 32.5. The molecule has 1 aliphatic rings. The lowest BCUT2D eigenvalue weighted by Gasteiger charge is -2.31. The molecule has 1 N–H and O–H groups in total. The van der Waals surface area contributed by atoms with Crippen molar-refractivity contribution in [1.29, 1.82) is 0 Å². The third-order valence-electron chi connectivity index (χ3n) is 26.5. The molecule has 1 aliphatic carbocycles. The van der Waals surface area contributed by atoms with E-state index in [0.29, 0.717) is 95.9 Å². The lowest BCUT2D eigenvalue weighted by molar-refractivity contribution is 0.0710. The Morgan fingerprint density at radius 3 is 0.493 bits per heavy atom. The molecule has 15 nitrogen and oxygen atoms in total. The Labute approximate surface area is 807 Å². The summed E-state index contributed by atoms with van der Waals surface area (Å²) in [5, 5.41) is 13.9. The van der Waals surface area contributed by atoms with Crippen molar-refractivity contribution in [1.82, 2.24) is 0 Å². The van der Waals surface area contributed by atoms with Crippen LogP contribution in [-0.4, -0.2) is 46.9 Å². The zero-order valence-electron chi connectivity index (χ0n) is 80.6. The molecule has 0 aliphatic heterocycles. The van der Waals surface area contributed by atoms with Crippen LogP contribution >= 0.6 is 0 Å². The summed E-state index contributed by atoms with van der Waals surface area (Å²) in [7, 11) is 0. The van der Waals surface area contributed by atoms with E-state index < -0.39 is 65.5 Å². The number of unbranched alkanes of at least 4 members (excludes halogenated alkanes) is 32. The standard InChI is InChI=1S/C121H140O15/c1-5-9-13-17-21-25-29-33-58-76-95-99-80-100(108(84-107(99)122)130-115(123)88-62-44-37-45-63-88)96(77-59-34-30-26-22-18-14-10-6-2)103-82-104(112(134-119(127)92-70-52-41-53-71-92)86-111(103)133-118(126)91-68-50-40-51-69-91)98(79-61-36-32-28-24-20-16-12-8-4)106-83-105(113(135-120(128)93-72-54-42-55-73-93)87-114(106)136-121(129)94-74-56-43-57-75-94)97(78-60-35-31-27-23-19-15-11-7-3)102-81-101(95)109(131-116(124)89-64-46-38-47-65-89)85-110(102)132-117(125)90-66-48-39-49-67-90/h37-57,62-75,80-87,95-98,122H,5-36,58-61,76-79H2,1-4H3/t95-,96+,97-,98?/m1/s1. The average molecular weight is 1830 g/mol. The summed E-state index contributed by atoms with van der Waals surface area (Å²) in [5.74, 6) is -9.04. The van der Waals surface area contributed by atoms with Crippen LogP contribution in [0.3, 0.4) is 0 Å². The third-order valence-corrected chi connectivity index (χ3v) is 26.5. The SMILES string of the molecule is CCCCCCCCCCCC1c2cc(c(OC(=O)c3ccccc3)cc2OC(=O)c2ccccc2)[C@@H](CCCCCCCCCCC)c2cc(c(O)cc2OC(=O)c2ccccc2)[C@@H](CCCCCCCCCCC)c2cc(c(OC(=O)c3ccccc3)cc2OC(=O)c2ccccc2)[C@@H](CCCCCCCCCCC)c2cc1c(OC(=O)c1ccccc1)cc2OC(=O)c1ccccc1. The minimum Gasteiger partial charge on any atom is -0.508 e. The lowest BCUT2D eigenvalue weighted by atomic mass is 9.76. The molecular weight excluding hydrogens is 1690 g/mol. The molecule has 11 aromatic carbocycles. The minimum absolute atomic E-state index is 0.00365. The van der Waals surface area contributed by atoms with Crippen molar-refractivity contribution in [3.8, 4) is 46.0 Å². The fraction of sp³-hybridized carbons (Fsp3) is 0.397. The van der Waals surface area contributed by atoms with Crippen molar-refractivity contribution in [3.05, 3.63) is 344 Å². The van der Waals surface area contributed by atoms with E-state index in [1.165, 1.54) is 6.07 Å². The Bertz CT molecular complexity index is 5490. The molecule has 0 saturated heterocycles. The Morgan fingerprint density at radius 2 is 0.324 bits per heavy atom. The Hall–Kier alpha value is -12.5. The van der Waals surface area contributed by atoms with Gasteiger partial charge in [-0.25, -0.2) is 33.6 Å². The molecule has 12 rings (SSSR count). The molecule has 11 aromatic rings. The number of benzene rings is 11. The van der Waals surface area contributed by atoms with Gasteiger partial charge in [-0.05, 0) is 135 Å². The number of carbonyl (C=O) groups excluding carboxylic acids is 7. The van der Waals surface area contributed by atoms with Crippen LogP contribution in [0, 0.1) is 0 Å². The second-order valence-corrected chi connectivity index (χ2v) is 36.7. The van der Waals surface area contributed by atoms with Gasteiger partial charge in [0, 0.05) is 92.4 Å². The van der Waals surface area contributed by atoms with E-state index in [4.69, 9.17) is 33.2 Å². The maximum atomic E-state index is 15.8. The fourth-order valence-corrected chi connectivity index (χ4v) is 18.9. The van der Waals surface area contributed by atoms with Gasteiger partial charge in [0.2, 0.25) is 0 Å². The number of phenolic OH excluding ortho intramolecular Hbond substituents is 1. The van der Waals surface area contributed by atoms with Gasteiger partial charge in [-0.15, -0.1) is 0 Å². The summed E-state index contributed by atoms with van der Waals surface area (Å²) in [4.78, 5) is 110. The number of rotatable bonds is 54. The van der Waals surface area contributed by atoms with E-state index in [9.17, 15) is 5.11 Å². The molecule has 1 unspecified atom stereocenters. The first kappa shape index (κ1) is 102. The van der Waals surface area contributed by atoms with Crippen LogP contribution in [0.25, 0.3) is 0 Å². The van der Waals surface area contributed by atoms with Crippen molar-refractivity contribution < 1.29 is 71.8 Å². The molecule has 0 radical (unpaired) electrons. The molecule has 136 heavy (non-hydrogen) atoms. The Morgan fingerprint density at radius 1 is 0.184 bits per heavy atom. The van der Waals surface area contributed by atoms with Crippen molar-refractivity contribution >= 4 is 41.8 Å². The molecule has 0 heterocycles. The number of phenols is 1. The quantitative estimate of drug-likeness (QED) is 0.0214. The number of ether oxygens (including phenoxy) is 7. The molecular formula is C121H140O15. The van der Waals surface area contributed by atoms with Gasteiger partial charge in [-0.3, -0.25) is 0 Å². The minimum atomic E-state index is -0.969. The highest BCUT2D eigenvalue weighted by atomic mass is 16.6. The summed E-state index contributed by atoms with van der Waals surface area (Å²) < 4.78 is 49.1. The zero-order valence-corrected chi connectivity index (χ0v) is 80.6. The number of carbonyl (C=O) groups is 7. The second kappa shape index (κ2) is 56.1. The Kier molecular flexibility index (Phi) is 42.3. The van der Waals surface area contributed by atoms with E-state index in [1.54, 1.807) is 188 Å². The molecule has 0 spiro atoms. The van der Waals surface area contributed by atoms with Crippen LogP contribution in [0.15, 0.2) is 261 Å². The van der Waals surface area contributed by atoms with Crippen molar-refractivity contribution in [2.75, 3.05) is 0 Å². The van der Waals surface area contributed by atoms with Gasteiger partial charge in [-0.2, -0.15) is 0 Å². The van der Waals surface area contributed by atoms with Crippen molar-refractivity contribution in [3.63, 3.8) is 0 Å². The molecule has 714 valence electrons. The van der Waals surface area contributed by atoms with E-state index in [0.717, 1.165) is 205 Å². The van der Waals surface area contributed by atoms with Gasteiger partial charge in [0.1, 0.15) is 46.0 Å². The van der Waals surface area contributed by atoms with Gasteiger partial charge in [0.25, 0.3) is 0 Å². The van der Waals surface area contributed by atoms with E-state index in [1.807, 2.05) is 66.7 Å². The predicted molar refractivity (Wildman–Crippen MR) is 542 cm³/mol. The number of hydrogen-bond donors (Lipinski definition) is 1.